The number of anilines is 1. The number of aryl methyl sites for hydroxylation is 2. The molecule has 1 aromatic carbocycles. The minimum Gasteiger partial charge on any atom is -0.495 e. The molecule has 7 nitrogen and oxygen atoms in total. The molecule has 0 amide bonds. The van der Waals surface area contributed by atoms with Crippen LogP contribution in [0.15, 0.2) is 35.4 Å². The number of benzene rings is 1. The summed E-state index contributed by atoms with van der Waals surface area (Å²) in [4.78, 5) is 2.44. The molecule has 1 aliphatic rings. The topological polar surface area (TPSA) is 67.7 Å². The molecule has 1 aliphatic heterocycles. The molecular formula is C16H22N4O3S. The molecule has 24 heavy (non-hydrogen) atoms. The summed E-state index contributed by atoms with van der Waals surface area (Å²) < 4.78 is 34.1. The average Bonchev–Trinajstić information content (AvgIpc) is 2.94. The van der Waals surface area contributed by atoms with Gasteiger partial charge in [-0.15, -0.1) is 0 Å². The second kappa shape index (κ2) is 6.45. The first-order valence-corrected chi connectivity index (χ1v) is 9.26. The van der Waals surface area contributed by atoms with Gasteiger partial charge in [0.15, 0.2) is 0 Å². The van der Waals surface area contributed by atoms with Crippen molar-refractivity contribution in [3.05, 3.63) is 36.2 Å². The molecular weight excluding hydrogens is 328 g/mol. The molecule has 1 saturated heterocycles. The smallest absolute Gasteiger partial charge is 0.246 e. The summed E-state index contributed by atoms with van der Waals surface area (Å²) in [5.74, 6) is 0.803. The van der Waals surface area contributed by atoms with Crippen LogP contribution >= 0.6 is 0 Å². The normalized spacial score (nSPS) is 16.4. The van der Waals surface area contributed by atoms with Gasteiger partial charge < -0.3 is 9.64 Å². The summed E-state index contributed by atoms with van der Waals surface area (Å²) in [6.07, 6.45) is 1.57. The first kappa shape index (κ1) is 16.8. The highest BCUT2D eigenvalue weighted by Gasteiger charge is 2.31. The number of rotatable bonds is 4. The zero-order valence-electron chi connectivity index (χ0n) is 14.1. The Morgan fingerprint density at radius 1 is 1.12 bits per heavy atom. The summed E-state index contributed by atoms with van der Waals surface area (Å²) in [6.45, 7) is 3.85. The Bertz CT molecular complexity index is 824. The van der Waals surface area contributed by atoms with Gasteiger partial charge >= 0.3 is 0 Å². The lowest BCUT2D eigenvalue weighted by atomic mass is 10.2. The van der Waals surface area contributed by atoms with E-state index in [1.54, 1.807) is 27.3 Å². The SMILES string of the molecule is COc1ccccc1N1CCN(S(=O)(=O)c2cn(C)nc2C)CC1. The zero-order valence-corrected chi connectivity index (χ0v) is 15.0. The van der Waals surface area contributed by atoms with Crippen molar-refractivity contribution in [1.29, 1.82) is 0 Å². The number of sulfonamides is 1. The van der Waals surface area contributed by atoms with E-state index in [9.17, 15) is 8.42 Å². The molecule has 0 saturated carbocycles. The zero-order chi connectivity index (χ0) is 17.3. The average molecular weight is 350 g/mol. The molecule has 8 heteroatoms. The van der Waals surface area contributed by atoms with Crippen LogP contribution in [0.5, 0.6) is 5.75 Å². The van der Waals surface area contributed by atoms with Crippen LogP contribution in [-0.4, -0.2) is 55.8 Å². The summed E-state index contributed by atoms with van der Waals surface area (Å²) in [7, 11) is -0.130. The molecule has 0 unspecified atom stereocenters. The van der Waals surface area contributed by atoms with Gasteiger partial charge in [0.25, 0.3) is 0 Å². The highest BCUT2D eigenvalue weighted by atomic mass is 32.2. The van der Waals surface area contributed by atoms with Gasteiger partial charge in [-0.2, -0.15) is 9.40 Å². The number of aromatic nitrogens is 2. The molecule has 0 bridgehead atoms. The lowest BCUT2D eigenvalue weighted by Gasteiger charge is -2.35. The van der Waals surface area contributed by atoms with Gasteiger partial charge in [-0.3, -0.25) is 4.68 Å². The van der Waals surface area contributed by atoms with Gasteiger partial charge in [0.2, 0.25) is 10.0 Å². The molecule has 2 aromatic rings. The number of hydrogen-bond donors (Lipinski definition) is 0. The van der Waals surface area contributed by atoms with Crippen LogP contribution < -0.4 is 9.64 Å². The van der Waals surface area contributed by atoms with Crippen molar-refractivity contribution in [2.75, 3.05) is 38.2 Å². The third-order valence-electron chi connectivity index (χ3n) is 4.25. The van der Waals surface area contributed by atoms with Gasteiger partial charge in [-0.25, -0.2) is 8.42 Å². The molecule has 0 spiro atoms. The molecule has 1 fully saturated rings. The largest absolute Gasteiger partial charge is 0.495 e. The van der Waals surface area contributed by atoms with E-state index in [1.165, 1.54) is 8.99 Å². The highest BCUT2D eigenvalue weighted by Crippen LogP contribution is 2.29. The van der Waals surface area contributed by atoms with Gasteiger partial charge in [0.05, 0.1) is 18.5 Å². The highest BCUT2D eigenvalue weighted by molar-refractivity contribution is 7.89. The molecule has 0 aliphatic carbocycles. The van der Waals surface area contributed by atoms with Crippen LogP contribution in [0.25, 0.3) is 0 Å². The second-order valence-corrected chi connectivity index (χ2v) is 7.72. The van der Waals surface area contributed by atoms with Crippen LogP contribution in [-0.2, 0) is 17.1 Å². The van der Waals surface area contributed by atoms with E-state index < -0.39 is 10.0 Å². The Morgan fingerprint density at radius 3 is 2.38 bits per heavy atom. The summed E-state index contributed by atoms with van der Waals surface area (Å²) in [5, 5.41) is 4.14. The predicted octanol–water partition coefficient (Wildman–Crippen LogP) is 1.25. The number of nitrogens with zero attached hydrogens (tertiary/aromatic N) is 4. The minimum absolute atomic E-state index is 0.288. The Labute approximate surface area is 142 Å². The maximum atomic E-state index is 12.8. The number of ether oxygens (including phenoxy) is 1. The van der Waals surface area contributed by atoms with Crippen molar-refractivity contribution < 1.29 is 13.2 Å². The van der Waals surface area contributed by atoms with Crippen LogP contribution in [0.2, 0.25) is 0 Å². The molecule has 0 atom stereocenters. The Hall–Kier alpha value is -2.06. The third-order valence-corrected chi connectivity index (χ3v) is 6.25. The maximum absolute atomic E-state index is 12.8. The quantitative estimate of drug-likeness (QED) is 0.830. The Balaban J connectivity index is 1.76. The van der Waals surface area contributed by atoms with Crippen molar-refractivity contribution in [2.45, 2.75) is 11.8 Å². The summed E-state index contributed by atoms with van der Waals surface area (Å²) in [6, 6.07) is 7.79. The molecule has 0 N–H and O–H groups in total. The lowest BCUT2D eigenvalue weighted by molar-refractivity contribution is 0.378. The van der Waals surface area contributed by atoms with Crippen molar-refractivity contribution in [3.8, 4) is 5.75 Å². The molecule has 1 aromatic heterocycles. The molecule has 0 radical (unpaired) electrons. The van der Waals surface area contributed by atoms with E-state index in [4.69, 9.17) is 4.74 Å². The lowest BCUT2D eigenvalue weighted by Crippen LogP contribution is -2.48. The fraction of sp³-hybridized carbons (Fsp3) is 0.438. The van der Waals surface area contributed by atoms with E-state index in [0.717, 1.165) is 11.4 Å². The Kier molecular flexibility index (Phi) is 4.51. The number of piperazine rings is 1. The standard InChI is InChI=1S/C16H22N4O3S/c1-13-16(12-18(2)17-13)24(21,22)20-10-8-19(9-11-20)14-6-4-5-7-15(14)23-3/h4-7,12H,8-11H2,1-3H3. The number of para-hydroxylation sites is 2. The number of hydrogen-bond acceptors (Lipinski definition) is 5. The minimum atomic E-state index is -3.50. The monoisotopic (exact) mass is 350 g/mol. The number of methoxy groups -OCH3 is 1. The van der Waals surface area contributed by atoms with Crippen LogP contribution in [0.3, 0.4) is 0 Å². The molecule has 3 rings (SSSR count). The van der Waals surface area contributed by atoms with Gasteiger partial charge in [0.1, 0.15) is 10.6 Å². The van der Waals surface area contributed by atoms with Crippen LogP contribution in [0.4, 0.5) is 5.69 Å². The van der Waals surface area contributed by atoms with E-state index in [0.29, 0.717) is 31.9 Å². The first-order chi connectivity index (χ1) is 11.4. The second-order valence-electron chi connectivity index (χ2n) is 5.82. The van der Waals surface area contributed by atoms with Gasteiger partial charge in [0, 0.05) is 39.4 Å². The van der Waals surface area contributed by atoms with E-state index >= 15 is 0 Å². The van der Waals surface area contributed by atoms with Crippen LogP contribution in [0.1, 0.15) is 5.69 Å². The first-order valence-electron chi connectivity index (χ1n) is 7.82. The summed E-state index contributed by atoms with van der Waals surface area (Å²) in [5.41, 5.74) is 1.53. The third kappa shape index (κ3) is 2.99. The Morgan fingerprint density at radius 2 is 1.79 bits per heavy atom. The van der Waals surface area contributed by atoms with Crippen LogP contribution in [0, 0.1) is 6.92 Å². The maximum Gasteiger partial charge on any atom is 0.246 e. The van der Waals surface area contributed by atoms with Gasteiger partial charge in [-0.05, 0) is 19.1 Å². The van der Waals surface area contributed by atoms with Crippen molar-refractivity contribution >= 4 is 15.7 Å². The van der Waals surface area contributed by atoms with E-state index in [2.05, 4.69) is 10.00 Å². The van der Waals surface area contributed by atoms with E-state index in [-0.39, 0.29) is 4.90 Å². The fourth-order valence-electron chi connectivity index (χ4n) is 3.03. The predicted molar refractivity (Wildman–Crippen MR) is 91.9 cm³/mol. The van der Waals surface area contributed by atoms with Crippen molar-refractivity contribution in [1.82, 2.24) is 14.1 Å². The van der Waals surface area contributed by atoms with E-state index in [1.807, 2.05) is 24.3 Å². The van der Waals surface area contributed by atoms with Gasteiger partial charge in [-0.1, -0.05) is 12.1 Å². The van der Waals surface area contributed by atoms with Crippen molar-refractivity contribution in [3.63, 3.8) is 0 Å². The summed E-state index contributed by atoms with van der Waals surface area (Å²) >= 11 is 0. The molecule has 130 valence electrons. The van der Waals surface area contributed by atoms with Crippen molar-refractivity contribution in [2.24, 2.45) is 7.05 Å². The molecule has 2 heterocycles. The fourth-order valence-corrected chi connectivity index (χ4v) is 4.65.